The lowest BCUT2D eigenvalue weighted by atomic mass is 10.2. The maximum Gasteiger partial charge on any atom is 0.268 e. The molecule has 2 aromatic rings. The molecule has 0 spiro atoms. The maximum absolute atomic E-state index is 12.3. The Labute approximate surface area is 143 Å². The Morgan fingerprint density at radius 2 is 1.88 bits per heavy atom. The molecule has 0 aliphatic heterocycles. The zero-order chi connectivity index (χ0) is 17.5. The molecular formula is C19H26N2O3. The molecule has 0 saturated heterocycles. The van der Waals surface area contributed by atoms with Gasteiger partial charge in [0.1, 0.15) is 5.69 Å². The SMILES string of the molecule is CC(C)COCC(O)CNC(=O)c1ccc(-c2ccccc2)n1C. The van der Waals surface area contributed by atoms with E-state index in [0.29, 0.717) is 18.2 Å². The molecule has 0 aliphatic rings. The summed E-state index contributed by atoms with van der Waals surface area (Å²) in [6.07, 6.45) is -0.707. The Morgan fingerprint density at radius 1 is 1.17 bits per heavy atom. The van der Waals surface area contributed by atoms with Gasteiger partial charge in [-0.3, -0.25) is 4.79 Å². The quantitative estimate of drug-likeness (QED) is 0.781. The average molecular weight is 330 g/mol. The molecule has 1 atom stereocenters. The van der Waals surface area contributed by atoms with Gasteiger partial charge in [0, 0.05) is 25.9 Å². The van der Waals surface area contributed by atoms with Gasteiger partial charge in [0.05, 0.1) is 12.7 Å². The van der Waals surface area contributed by atoms with E-state index in [0.717, 1.165) is 11.3 Å². The van der Waals surface area contributed by atoms with Crippen LogP contribution in [0.4, 0.5) is 0 Å². The first-order valence-electron chi connectivity index (χ1n) is 8.24. The minimum atomic E-state index is -0.707. The number of nitrogens with one attached hydrogen (secondary N) is 1. The van der Waals surface area contributed by atoms with Crippen molar-refractivity contribution in [2.24, 2.45) is 13.0 Å². The summed E-state index contributed by atoms with van der Waals surface area (Å²) in [5.41, 5.74) is 2.59. The number of hydrogen-bond acceptors (Lipinski definition) is 3. The van der Waals surface area contributed by atoms with Gasteiger partial charge in [-0.15, -0.1) is 0 Å². The van der Waals surface area contributed by atoms with Crippen molar-refractivity contribution < 1.29 is 14.6 Å². The molecule has 5 nitrogen and oxygen atoms in total. The van der Waals surface area contributed by atoms with E-state index < -0.39 is 6.10 Å². The van der Waals surface area contributed by atoms with Crippen LogP contribution >= 0.6 is 0 Å². The molecule has 2 rings (SSSR count). The Morgan fingerprint density at radius 3 is 2.54 bits per heavy atom. The molecule has 2 N–H and O–H groups in total. The Hall–Kier alpha value is -2.11. The van der Waals surface area contributed by atoms with Crippen LogP contribution in [-0.2, 0) is 11.8 Å². The van der Waals surface area contributed by atoms with Crippen molar-refractivity contribution in [3.8, 4) is 11.3 Å². The van der Waals surface area contributed by atoms with E-state index in [-0.39, 0.29) is 19.1 Å². The Bertz CT molecular complexity index is 650. The molecule has 1 aromatic heterocycles. The predicted molar refractivity (Wildman–Crippen MR) is 94.8 cm³/mol. The van der Waals surface area contributed by atoms with Crippen molar-refractivity contribution in [1.29, 1.82) is 0 Å². The average Bonchev–Trinajstić information content (AvgIpc) is 2.95. The second-order valence-corrected chi connectivity index (χ2v) is 6.32. The first kappa shape index (κ1) is 18.2. The highest BCUT2D eigenvalue weighted by atomic mass is 16.5. The van der Waals surface area contributed by atoms with Gasteiger partial charge in [-0.1, -0.05) is 44.2 Å². The molecule has 1 aromatic carbocycles. The lowest BCUT2D eigenvalue weighted by molar-refractivity contribution is 0.0258. The minimum Gasteiger partial charge on any atom is -0.389 e. The molecule has 1 amide bonds. The van der Waals surface area contributed by atoms with E-state index in [9.17, 15) is 9.90 Å². The number of aliphatic hydroxyl groups excluding tert-OH is 1. The van der Waals surface area contributed by atoms with Crippen molar-refractivity contribution in [1.82, 2.24) is 9.88 Å². The molecular weight excluding hydrogens is 304 g/mol. The number of hydrogen-bond donors (Lipinski definition) is 2. The summed E-state index contributed by atoms with van der Waals surface area (Å²) in [5, 5.41) is 12.6. The fourth-order valence-electron chi connectivity index (χ4n) is 2.44. The second kappa shape index (κ2) is 8.66. The van der Waals surface area contributed by atoms with Gasteiger partial charge < -0.3 is 19.7 Å². The molecule has 130 valence electrons. The first-order chi connectivity index (χ1) is 11.5. The van der Waals surface area contributed by atoms with Gasteiger partial charge in [-0.25, -0.2) is 0 Å². The fourth-order valence-corrected chi connectivity index (χ4v) is 2.44. The highest BCUT2D eigenvalue weighted by molar-refractivity contribution is 5.93. The van der Waals surface area contributed by atoms with Gasteiger partial charge in [0.2, 0.25) is 0 Å². The third-order valence-electron chi connectivity index (χ3n) is 3.68. The van der Waals surface area contributed by atoms with E-state index in [1.54, 1.807) is 6.07 Å². The van der Waals surface area contributed by atoms with Crippen molar-refractivity contribution in [2.45, 2.75) is 20.0 Å². The van der Waals surface area contributed by atoms with E-state index in [1.807, 2.05) is 61.9 Å². The largest absolute Gasteiger partial charge is 0.389 e. The molecule has 1 heterocycles. The van der Waals surface area contributed by atoms with E-state index in [4.69, 9.17) is 4.74 Å². The molecule has 0 radical (unpaired) electrons. The van der Waals surface area contributed by atoms with E-state index in [2.05, 4.69) is 5.32 Å². The number of ether oxygens (including phenoxy) is 1. The highest BCUT2D eigenvalue weighted by Crippen LogP contribution is 2.21. The maximum atomic E-state index is 12.3. The van der Waals surface area contributed by atoms with Crippen LogP contribution in [0.1, 0.15) is 24.3 Å². The summed E-state index contributed by atoms with van der Waals surface area (Å²) in [7, 11) is 1.86. The van der Waals surface area contributed by atoms with Crippen LogP contribution in [-0.4, -0.2) is 41.4 Å². The summed E-state index contributed by atoms with van der Waals surface area (Å²) >= 11 is 0. The molecule has 0 saturated carbocycles. The topological polar surface area (TPSA) is 63.5 Å². The van der Waals surface area contributed by atoms with Crippen molar-refractivity contribution in [3.05, 3.63) is 48.2 Å². The minimum absolute atomic E-state index is 0.169. The number of rotatable bonds is 8. The van der Waals surface area contributed by atoms with Crippen LogP contribution in [0.15, 0.2) is 42.5 Å². The first-order valence-corrected chi connectivity index (χ1v) is 8.24. The van der Waals surface area contributed by atoms with Crippen molar-refractivity contribution >= 4 is 5.91 Å². The molecule has 1 unspecified atom stereocenters. The van der Waals surface area contributed by atoms with Crippen LogP contribution in [0, 0.1) is 5.92 Å². The van der Waals surface area contributed by atoms with Crippen LogP contribution in [0.25, 0.3) is 11.3 Å². The normalized spacial score (nSPS) is 12.4. The summed E-state index contributed by atoms with van der Waals surface area (Å²) < 4.78 is 7.23. The van der Waals surface area contributed by atoms with E-state index in [1.165, 1.54) is 0 Å². The zero-order valence-electron chi connectivity index (χ0n) is 14.5. The lowest BCUT2D eigenvalue weighted by Crippen LogP contribution is -2.35. The molecule has 24 heavy (non-hydrogen) atoms. The third kappa shape index (κ3) is 4.94. The summed E-state index contributed by atoms with van der Waals surface area (Å²) in [6, 6.07) is 13.6. The highest BCUT2D eigenvalue weighted by Gasteiger charge is 2.14. The number of aliphatic hydroxyl groups is 1. The summed E-state index contributed by atoms with van der Waals surface area (Å²) in [4.78, 5) is 12.3. The van der Waals surface area contributed by atoms with Crippen molar-refractivity contribution in [3.63, 3.8) is 0 Å². The third-order valence-corrected chi connectivity index (χ3v) is 3.68. The summed E-state index contributed by atoms with van der Waals surface area (Å²) in [5.74, 6) is 0.217. The summed E-state index contributed by atoms with van der Waals surface area (Å²) in [6.45, 7) is 5.09. The van der Waals surface area contributed by atoms with Gasteiger partial charge in [-0.05, 0) is 23.6 Å². The standard InChI is InChI=1S/C19H26N2O3/c1-14(2)12-24-13-16(22)11-20-19(23)18-10-9-17(21(18)3)15-7-5-4-6-8-15/h4-10,14,16,22H,11-13H2,1-3H3,(H,20,23). The van der Waals surface area contributed by atoms with E-state index >= 15 is 0 Å². The monoisotopic (exact) mass is 330 g/mol. The van der Waals surface area contributed by atoms with Gasteiger partial charge in [-0.2, -0.15) is 0 Å². The van der Waals surface area contributed by atoms with Gasteiger partial charge in [0.15, 0.2) is 0 Å². The fraction of sp³-hybridized carbons (Fsp3) is 0.421. The molecule has 0 aliphatic carbocycles. The number of carbonyl (C=O) groups excluding carboxylic acids is 1. The lowest BCUT2D eigenvalue weighted by Gasteiger charge is -2.14. The zero-order valence-corrected chi connectivity index (χ0v) is 14.5. The second-order valence-electron chi connectivity index (χ2n) is 6.32. The molecule has 0 bridgehead atoms. The molecule has 5 heteroatoms. The number of aromatic nitrogens is 1. The Balaban J connectivity index is 1.90. The van der Waals surface area contributed by atoms with Crippen LogP contribution < -0.4 is 5.32 Å². The van der Waals surface area contributed by atoms with Crippen LogP contribution in [0.2, 0.25) is 0 Å². The molecule has 0 fully saturated rings. The van der Waals surface area contributed by atoms with Crippen molar-refractivity contribution in [2.75, 3.05) is 19.8 Å². The smallest absolute Gasteiger partial charge is 0.268 e. The number of amides is 1. The number of benzene rings is 1. The van der Waals surface area contributed by atoms with Crippen LogP contribution in [0.5, 0.6) is 0 Å². The van der Waals surface area contributed by atoms with Gasteiger partial charge in [0.25, 0.3) is 5.91 Å². The number of nitrogens with zero attached hydrogens (tertiary/aromatic N) is 1. The Kier molecular flexibility index (Phi) is 6.58. The van der Waals surface area contributed by atoms with Crippen LogP contribution in [0.3, 0.4) is 0 Å². The van der Waals surface area contributed by atoms with Gasteiger partial charge >= 0.3 is 0 Å². The number of carbonyl (C=O) groups is 1. The predicted octanol–water partition coefficient (Wildman–Crippen LogP) is 2.46.